The zero-order valence-corrected chi connectivity index (χ0v) is 16.8. The number of rotatable bonds is 4. The maximum atomic E-state index is 11.0. The number of fused-ring (bicyclic) bond motifs is 1. The van der Waals surface area contributed by atoms with Gasteiger partial charge < -0.3 is 20.8 Å². The molecular weight excluding hydrogens is 430 g/mol. The Morgan fingerprint density at radius 1 is 1.32 bits per heavy atom. The number of carbonyl (C=O) groups is 1. The second-order valence-corrected chi connectivity index (χ2v) is 7.91. The Morgan fingerprint density at radius 2 is 2.04 bits per heavy atom. The van der Waals surface area contributed by atoms with Crippen LogP contribution in [0.5, 0.6) is 0 Å². The molecule has 0 unspecified atom stereocenters. The lowest BCUT2D eigenvalue weighted by atomic mass is 9.88. The summed E-state index contributed by atoms with van der Waals surface area (Å²) in [4.78, 5) is 17.8. The third-order valence-electron chi connectivity index (χ3n) is 5.09. The smallest absolute Gasteiger partial charge is 0.306 e. The van der Waals surface area contributed by atoms with E-state index in [0.29, 0.717) is 47.7 Å². The van der Waals surface area contributed by atoms with Gasteiger partial charge in [0.2, 0.25) is 0 Å². The van der Waals surface area contributed by atoms with E-state index in [0.717, 1.165) is 11.1 Å². The molecule has 10 nitrogen and oxygen atoms in total. The number of halogens is 1. The van der Waals surface area contributed by atoms with E-state index in [2.05, 4.69) is 26.1 Å². The minimum Gasteiger partial charge on any atom is -0.481 e. The number of anilines is 2. The molecular formula is C17H20BrN7O3. The molecule has 3 aromatic heterocycles. The molecule has 0 atom stereocenters. The fourth-order valence-corrected chi connectivity index (χ4v) is 4.06. The van der Waals surface area contributed by atoms with E-state index < -0.39 is 11.6 Å². The average Bonchev–Trinajstić information content (AvgIpc) is 3.24. The van der Waals surface area contributed by atoms with Gasteiger partial charge in [0.05, 0.1) is 24.4 Å². The van der Waals surface area contributed by atoms with Crippen molar-refractivity contribution in [3.05, 3.63) is 23.1 Å². The Kier molecular flexibility index (Phi) is 4.50. The number of piperidine rings is 1. The maximum Gasteiger partial charge on any atom is 0.306 e. The van der Waals surface area contributed by atoms with Gasteiger partial charge in [0.15, 0.2) is 5.65 Å². The summed E-state index contributed by atoms with van der Waals surface area (Å²) in [6.07, 6.45) is 5.74. The molecule has 0 spiro atoms. The molecule has 4 N–H and O–H groups in total. The highest BCUT2D eigenvalue weighted by Crippen LogP contribution is 2.36. The number of nitrogen functional groups attached to an aromatic ring is 1. The highest BCUT2D eigenvalue weighted by Gasteiger charge is 2.35. The monoisotopic (exact) mass is 449 g/mol. The van der Waals surface area contributed by atoms with Crippen LogP contribution >= 0.6 is 15.9 Å². The fraction of sp³-hybridized carbons (Fsp3) is 0.412. The molecule has 0 radical (unpaired) electrons. The SMILES string of the molecule is Cn1cc(-c2cnn3c(N)c(Br)c(N4CCC(O)(CC(=O)O)CC4)nc23)cn1. The number of aryl methyl sites for hydroxylation is 1. The van der Waals surface area contributed by atoms with Gasteiger partial charge in [0, 0.05) is 37.5 Å². The van der Waals surface area contributed by atoms with Crippen molar-refractivity contribution < 1.29 is 15.0 Å². The zero-order valence-electron chi connectivity index (χ0n) is 15.2. The topological polar surface area (TPSA) is 135 Å². The van der Waals surface area contributed by atoms with E-state index >= 15 is 0 Å². The van der Waals surface area contributed by atoms with Crippen LogP contribution in [0.25, 0.3) is 16.8 Å². The number of carboxylic acids is 1. The van der Waals surface area contributed by atoms with Gasteiger partial charge in [-0.25, -0.2) is 4.98 Å². The zero-order chi connectivity index (χ0) is 20.1. The molecule has 28 heavy (non-hydrogen) atoms. The average molecular weight is 450 g/mol. The number of carboxylic acid groups (broad SMARTS) is 1. The summed E-state index contributed by atoms with van der Waals surface area (Å²) < 4.78 is 3.89. The molecule has 1 aliphatic rings. The summed E-state index contributed by atoms with van der Waals surface area (Å²) >= 11 is 3.51. The van der Waals surface area contributed by atoms with Gasteiger partial charge in [-0.1, -0.05) is 0 Å². The molecule has 148 valence electrons. The Morgan fingerprint density at radius 3 is 2.64 bits per heavy atom. The van der Waals surface area contributed by atoms with Crippen LogP contribution in [0.15, 0.2) is 23.1 Å². The van der Waals surface area contributed by atoms with Crippen LogP contribution in [-0.4, -0.2) is 59.3 Å². The van der Waals surface area contributed by atoms with Crippen LogP contribution in [0.3, 0.4) is 0 Å². The summed E-state index contributed by atoms with van der Waals surface area (Å²) in [6.45, 7) is 0.947. The highest BCUT2D eigenvalue weighted by molar-refractivity contribution is 9.10. The van der Waals surface area contributed by atoms with Gasteiger partial charge >= 0.3 is 5.97 Å². The van der Waals surface area contributed by atoms with E-state index in [1.165, 1.54) is 0 Å². The lowest BCUT2D eigenvalue weighted by molar-refractivity contribution is -0.143. The van der Waals surface area contributed by atoms with E-state index in [1.807, 2.05) is 18.1 Å². The van der Waals surface area contributed by atoms with Gasteiger partial charge in [-0.2, -0.15) is 14.7 Å². The van der Waals surface area contributed by atoms with Crippen molar-refractivity contribution >= 4 is 39.2 Å². The fourth-order valence-electron chi connectivity index (χ4n) is 3.55. The van der Waals surface area contributed by atoms with Crippen LogP contribution in [0.2, 0.25) is 0 Å². The summed E-state index contributed by atoms with van der Waals surface area (Å²) in [5, 5.41) is 28.0. The molecule has 1 aliphatic heterocycles. The molecule has 3 aromatic rings. The third-order valence-corrected chi connectivity index (χ3v) is 5.86. The van der Waals surface area contributed by atoms with Crippen molar-refractivity contribution in [1.82, 2.24) is 24.4 Å². The second kappa shape index (κ2) is 6.74. The predicted molar refractivity (Wildman–Crippen MR) is 106 cm³/mol. The standard InChI is InChI=1S/C17H20BrN7O3/c1-23-9-10(7-20-23)11-8-21-25-14(19)13(18)16(22-15(11)25)24-4-2-17(28,3-5-24)6-12(26)27/h7-9,28H,2-6,19H2,1H3,(H,26,27). The minimum absolute atomic E-state index is 0.260. The number of aliphatic carboxylic acids is 1. The number of aliphatic hydroxyl groups is 1. The Hall–Kier alpha value is -2.66. The Bertz CT molecular complexity index is 1050. The van der Waals surface area contributed by atoms with Crippen molar-refractivity contribution in [3.63, 3.8) is 0 Å². The Balaban J connectivity index is 1.70. The quantitative estimate of drug-likeness (QED) is 0.541. The Labute approximate surface area is 168 Å². The number of hydrogen-bond donors (Lipinski definition) is 3. The molecule has 0 saturated carbocycles. The van der Waals surface area contributed by atoms with E-state index in [1.54, 1.807) is 21.6 Å². The molecule has 1 saturated heterocycles. The molecule has 0 amide bonds. The van der Waals surface area contributed by atoms with Gasteiger partial charge in [-0.05, 0) is 28.8 Å². The van der Waals surface area contributed by atoms with Crippen molar-refractivity contribution in [2.24, 2.45) is 7.05 Å². The summed E-state index contributed by atoms with van der Waals surface area (Å²) in [5.74, 6) is 0.0656. The van der Waals surface area contributed by atoms with Crippen LogP contribution in [-0.2, 0) is 11.8 Å². The van der Waals surface area contributed by atoms with Crippen LogP contribution in [0.4, 0.5) is 11.6 Å². The molecule has 4 heterocycles. The van der Waals surface area contributed by atoms with Crippen LogP contribution < -0.4 is 10.6 Å². The van der Waals surface area contributed by atoms with Gasteiger partial charge in [-0.15, -0.1) is 0 Å². The van der Waals surface area contributed by atoms with Gasteiger partial charge in [0.25, 0.3) is 0 Å². The minimum atomic E-state index is -1.19. The van der Waals surface area contributed by atoms with Gasteiger partial charge in [-0.3, -0.25) is 9.48 Å². The van der Waals surface area contributed by atoms with Crippen LogP contribution in [0, 0.1) is 0 Å². The van der Waals surface area contributed by atoms with Gasteiger partial charge in [0.1, 0.15) is 16.1 Å². The number of nitrogens with zero attached hydrogens (tertiary/aromatic N) is 6. The maximum absolute atomic E-state index is 11.0. The van der Waals surface area contributed by atoms with Crippen molar-refractivity contribution in [2.45, 2.75) is 24.9 Å². The first-order valence-electron chi connectivity index (χ1n) is 8.78. The molecule has 4 rings (SSSR count). The normalized spacial score (nSPS) is 16.6. The third kappa shape index (κ3) is 3.20. The first kappa shape index (κ1) is 18.7. The lowest BCUT2D eigenvalue weighted by Gasteiger charge is -2.38. The molecule has 1 fully saturated rings. The molecule has 0 bridgehead atoms. The molecule has 0 aliphatic carbocycles. The number of aromatic nitrogens is 5. The van der Waals surface area contributed by atoms with Crippen molar-refractivity contribution in [1.29, 1.82) is 0 Å². The largest absolute Gasteiger partial charge is 0.481 e. The van der Waals surface area contributed by atoms with Crippen molar-refractivity contribution in [2.75, 3.05) is 23.7 Å². The summed E-state index contributed by atoms with van der Waals surface area (Å²) in [6, 6.07) is 0. The second-order valence-electron chi connectivity index (χ2n) is 7.11. The first-order chi connectivity index (χ1) is 13.3. The summed E-state index contributed by atoms with van der Waals surface area (Å²) in [5.41, 5.74) is 7.39. The van der Waals surface area contributed by atoms with E-state index in [4.69, 9.17) is 15.8 Å². The predicted octanol–water partition coefficient (Wildman–Crippen LogP) is 1.28. The highest BCUT2D eigenvalue weighted by atomic mass is 79.9. The van der Waals surface area contributed by atoms with Crippen molar-refractivity contribution in [3.8, 4) is 11.1 Å². The lowest BCUT2D eigenvalue weighted by Crippen LogP contribution is -2.46. The van der Waals surface area contributed by atoms with Crippen LogP contribution in [0.1, 0.15) is 19.3 Å². The van der Waals surface area contributed by atoms with E-state index in [9.17, 15) is 9.90 Å². The molecule has 0 aromatic carbocycles. The summed E-state index contributed by atoms with van der Waals surface area (Å²) in [7, 11) is 1.84. The molecule has 11 heteroatoms. The van der Waals surface area contributed by atoms with E-state index in [-0.39, 0.29) is 6.42 Å². The first-order valence-corrected chi connectivity index (χ1v) is 9.57. The number of hydrogen-bond acceptors (Lipinski definition) is 7. The number of nitrogens with two attached hydrogens (primary N) is 1.